The Hall–Kier alpha value is -3.31. The van der Waals surface area contributed by atoms with Crippen molar-refractivity contribution in [1.29, 1.82) is 0 Å². The molecule has 1 fully saturated rings. The molecule has 1 aliphatic heterocycles. The number of nitro groups is 1. The fourth-order valence-electron chi connectivity index (χ4n) is 4.05. The van der Waals surface area contributed by atoms with Crippen LogP contribution in [0.4, 0.5) is 5.69 Å². The highest BCUT2D eigenvalue weighted by Gasteiger charge is 2.36. The molecule has 2 aromatic carbocycles. The lowest BCUT2D eigenvalue weighted by atomic mass is 10.0. The maximum Gasteiger partial charge on any atom is 0.269 e. The number of sulfonamides is 1. The summed E-state index contributed by atoms with van der Waals surface area (Å²) in [7, 11) is -4.09. The van der Waals surface area contributed by atoms with Gasteiger partial charge < -0.3 is 9.80 Å². The third-order valence-electron chi connectivity index (χ3n) is 6.03. The minimum atomic E-state index is -4.09. The Morgan fingerprint density at radius 3 is 2.26 bits per heavy atom. The Kier molecular flexibility index (Phi) is 8.23. The summed E-state index contributed by atoms with van der Waals surface area (Å²) in [4.78, 5) is 39.5. The quantitative estimate of drug-likeness (QED) is 0.435. The first-order valence-electron chi connectivity index (χ1n) is 11.4. The van der Waals surface area contributed by atoms with E-state index in [1.165, 1.54) is 0 Å². The van der Waals surface area contributed by atoms with Gasteiger partial charge in [0.05, 0.1) is 16.2 Å². The zero-order valence-electron chi connectivity index (χ0n) is 20.0. The summed E-state index contributed by atoms with van der Waals surface area (Å²) in [6.45, 7) is 6.30. The van der Waals surface area contributed by atoms with Crippen molar-refractivity contribution in [2.45, 2.75) is 44.2 Å². The number of hydrogen-bond acceptors (Lipinski definition) is 6. The van der Waals surface area contributed by atoms with Gasteiger partial charge in [0.1, 0.15) is 6.04 Å². The van der Waals surface area contributed by atoms with Crippen LogP contribution in [-0.2, 0) is 26.0 Å². The first-order chi connectivity index (χ1) is 16.5. The second-order valence-electron chi connectivity index (χ2n) is 8.98. The molecule has 0 saturated carbocycles. The molecule has 1 heterocycles. The molecule has 1 N–H and O–H groups in total. The van der Waals surface area contributed by atoms with E-state index in [2.05, 4.69) is 4.72 Å². The maximum atomic E-state index is 13.3. The predicted octanol–water partition coefficient (Wildman–Crippen LogP) is 2.20. The van der Waals surface area contributed by atoms with E-state index in [9.17, 15) is 28.1 Å². The Morgan fingerprint density at radius 1 is 1.09 bits per heavy atom. The molecule has 35 heavy (non-hydrogen) atoms. The number of piperazine rings is 1. The molecule has 0 aliphatic carbocycles. The third kappa shape index (κ3) is 6.43. The number of nitrogens with zero attached hydrogens (tertiary/aromatic N) is 3. The molecular formula is C24H30N4O6S. The molecule has 0 bridgehead atoms. The zero-order valence-corrected chi connectivity index (χ0v) is 20.8. The fourth-order valence-corrected chi connectivity index (χ4v) is 5.39. The van der Waals surface area contributed by atoms with Crippen molar-refractivity contribution in [1.82, 2.24) is 14.5 Å². The van der Waals surface area contributed by atoms with Crippen LogP contribution in [0.2, 0.25) is 0 Å². The number of benzene rings is 2. The van der Waals surface area contributed by atoms with E-state index in [1.807, 2.05) is 37.3 Å². The average Bonchev–Trinajstić information content (AvgIpc) is 2.82. The number of amides is 2. The van der Waals surface area contributed by atoms with Gasteiger partial charge in [-0.25, -0.2) is 8.42 Å². The van der Waals surface area contributed by atoms with Crippen molar-refractivity contribution >= 4 is 27.5 Å². The molecule has 2 amide bonds. The molecule has 10 nitrogen and oxygen atoms in total. The number of carbonyl (C=O) groups is 2. The second-order valence-corrected chi connectivity index (χ2v) is 10.7. The van der Waals surface area contributed by atoms with Crippen molar-refractivity contribution in [3.63, 3.8) is 0 Å². The van der Waals surface area contributed by atoms with Crippen LogP contribution in [-0.4, -0.2) is 66.7 Å². The topological polar surface area (TPSA) is 130 Å². The zero-order chi connectivity index (χ0) is 25.8. The summed E-state index contributed by atoms with van der Waals surface area (Å²) in [5, 5.41) is 10.8. The monoisotopic (exact) mass is 502 g/mol. The van der Waals surface area contributed by atoms with Gasteiger partial charge in [0.2, 0.25) is 21.8 Å². The molecule has 2 atom stereocenters. The van der Waals surface area contributed by atoms with Crippen LogP contribution >= 0.6 is 0 Å². The summed E-state index contributed by atoms with van der Waals surface area (Å²) >= 11 is 0. The molecular weight excluding hydrogens is 472 g/mol. The minimum Gasteiger partial charge on any atom is -0.337 e. The number of non-ortho nitro benzene ring substituents is 1. The molecule has 2 unspecified atom stereocenters. The predicted molar refractivity (Wildman–Crippen MR) is 130 cm³/mol. The summed E-state index contributed by atoms with van der Waals surface area (Å²) in [6.07, 6.45) is 0.281. The average molecular weight is 503 g/mol. The number of rotatable bonds is 8. The highest BCUT2D eigenvalue weighted by atomic mass is 32.2. The van der Waals surface area contributed by atoms with Crippen molar-refractivity contribution in [2.24, 2.45) is 5.92 Å². The molecule has 2 aromatic rings. The third-order valence-corrected chi connectivity index (χ3v) is 7.49. The van der Waals surface area contributed by atoms with E-state index in [-0.39, 0.29) is 40.8 Å². The second kappa shape index (κ2) is 11.0. The van der Waals surface area contributed by atoms with E-state index in [0.29, 0.717) is 19.6 Å². The van der Waals surface area contributed by atoms with Gasteiger partial charge in [-0.05, 0) is 30.5 Å². The summed E-state index contributed by atoms with van der Waals surface area (Å²) in [6, 6.07) is 12.7. The van der Waals surface area contributed by atoms with Crippen LogP contribution in [0.5, 0.6) is 0 Å². The SMILES string of the molecule is CC(C)C(NS(=O)(=O)c1ccc([N+](=O)[O-])cc1)C(=O)N1CCN(C(=O)Cc2ccccc2)C(C)C1. The van der Waals surface area contributed by atoms with E-state index >= 15 is 0 Å². The number of nitrogens with one attached hydrogen (secondary N) is 1. The summed E-state index contributed by atoms with van der Waals surface area (Å²) in [5.41, 5.74) is 0.692. The van der Waals surface area contributed by atoms with Gasteiger partial charge in [0.15, 0.2) is 0 Å². The van der Waals surface area contributed by atoms with Crippen molar-refractivity contribution in [3.8, 4) is 0 Å². The Balaban J connectivity index is 1.67. The lowest BCUT2D eigenvalue weighted by molar-refractivity contribution is -0.384. The van der Waals surface area contributed by atoms with Gasteiger partial charge in [-0.15, -0.1) is 0 Å². The number of hydrogen-bond donors (Lipinski definition) is 1. The summed E-state index contributed by atoms with van der Waals surface area (Å²) in [5.74, 6) is -0.731. The lowest BCUT2D eigenvalue weighted by Gasteiger charge is -2.41. The van der Waals surface area contributed by atoms with Crippen LogP contribution < -0.4 is 4.72 Å². The normalized spacial score (nSPS) is 17.3. The number of carbonyl (C=O) groups excluding carboxylic acids is 2. The lowest BCUT2D eigenvalue weighted by Crippen LogP contribution is -2.60. The Morgan fingerprint density at radius 2 is 1.71 bits per heavy atom. The highest BCUT2D eigenvalue weighted by molar-refractivity contribution is 7.89. The summed E-state index contributed by atoms with van der Waals surface area (Å²) < 4.78 is 28.2. The van der Waals surface area contributed by atoms with E-state index in [4.69, 9.17) is 0 Å². The Labute approximate surface area is 205 Å². The fraction of sp³-hybridized carbons (Fsp3) is 0.417. The number of nitro benzene ring substituents is 1. The largest absolute Gasteiger partial charge is 0.337 e. The minimum absolute atomic E-state index is 0.0184. The highest BCUT2D eigenvalue weighted by Crippen LogP contribution is 2.19. The van der Waals surface area contributed by atoms with Crippen LogP contribution in [0.3, 0.4) is 0 Å². The van der Waals surface area contributed by atoms with Crippen LogP contribution in [0.15, 0.2) is 59.5 Å². The van der Waals surface area contributed by atoms with Gasteiger partial charge in [-0.2, -0.15) is 4.72 Å². The maximum absolute atomic E-state index is 13.3. The molecule has 1 saturated heterocycles. The van der Waals surface area contributed by atoms with E-state index in [1.54, 1.807) is 23.6 Å². The van der Waals surface area contributed by atoms with Gasteiger partial charge in [-0.1, -0.05) is 44.2 Å². The van der Waals surface area contributed by atoms with Gasteiger partial charge >= 0.3 is 0 Å². The molecule has 188 valence electrons. The van der Waals surface area contributed by atoms with Gasteiger partial charge in [0.25, 0.3) is 5.69 Å². The molecule has 0 radical (unpaired) electrons. The van der Waals surface area contributed by atoms with Crippen LogP contribution in [0.25, 0.3) is 0 Å². The van der Waals surface area contributed by atoms with Crippen molar-refractivity contribution in [3.05, 3.63) is 70.3 Å². The van der Waals surface area contributed by atoms with Gasteiger partial charge in [0, 0.05) is 37.8 Å². The van der Waals surface area contributed by atoms with Gasteiger partial charge in [-0.3, -0.25) is 19.7 Å². The first-order valence-corrected chi connectivity index (χ1v) is 12.9. The van der Waals surface area contributed by atoms with Crippen molar-refractivity contribution < 1.29 is 22.9 Å². The van der Waals surface area contributed by atoms with E-state index < -0.39 is 21.0 Å². The molecule has 3 rings (SSSR count). The smallest absolute Gasteiger partial charge is 0.269 e. The van der Waals surface area contributed by atoms with Crippen molar-refractivity contribution in [2.75, 3.05) is 19.6 Å². The first kappa shape index (κ1) is 26.3. The standard InChI is InChI=1S/C24H30N4O6S/c1-17(2)23(25-35(33,34)21-11-9-20(10-12-21)28(31)32)24(30)26-13-14-27(18(3)16-26)22(29)15-19-7-5-4-6-8-19/h4-12,17-18,23,25H,13-16H2,1-3H3. The molecule has 11 heteroatoms. The van der Waals surface area contributed by atoms with Crippen LogP contribution in [0, 0.1) is 16.0 Å². The van der Waals surface area contributed by atoms with Crippen LogP contribution in [0.1, 0.15) is 26.3 Å². The molecule has 1 aliphatic rings. The molecule has 0 aromatic heterocycles. The molecule has 0 spiro atoms. The van der Waals surface area contributed by atoms with E-state index in [0.717, 1.165) is 29.8 Å². The Bertz CT molecular complexity index is 1170.